The van der Waals surface area contributed by atoms with E-state index in [0.717, 1.165) is 5.69 Å². The molecule has 6 heteroatoms. The van der Waals surface area contributed by atoms with E-state index in [4.69, 9.17) is 0 Å². The molecule has 15 heavy (non-hydrogen) atoms. The van der Waals surface area contributed by atoms with Gasteiger partial charge in [-0.25, -0.2) is 15.3 Å². The molecule has 0 unspecified atom stereocenters. The minimum Gasteiger partial charge on any atom is -0.307 e. The second-order valence-electron chi connectivity index (χ2n) is 2.80. The Hall–Kier alpha value is -1.66. The summed E-state index contributed by atoms with van der Waals surface area (Å²) in [6.07, 6.45) is 1.72. The number of hydrogen-bond donors (Lipinski definition) is 3. The summed E-state index contributed by atoms with van der Waals surface area (Å²) >= 11 is 1.38. The maximum atomic E-state index is 11.4. The van der Waals surface area contributed by atoms with Crippen molar-refractivity contribution in [2.24, 2.45) is 0 Å². The normalized spacial score (nSPS) is 14.0. The summed E-state index contributed by atoms with van der Waals surface area (Å²) in [5.74, 6) is 0. The molecule has 0 bridgehead atoms. The molecule has 3 N–H and O–H groups in total. The summed E-state index contributed by atoms with van der Waals surface area (Å²) in [5.41, 5.74) is 3.35. The van der Waals surface area contributed by atoms with Crippen LogP contribution in [-0.4, -0.2) is 11.1 Å². The highest BCUT2D eigenvalue weighted by atomic mass is 32.2. The Morgan fingerprint density at radius 1 is 1.33 bits per heavy atom. The zero-order valence-electron chi connectivity index (χ0n) is 7.81. The molecule has 0 radical (unpaired) electrons. The zero-order chi connectivity index (χ0) is 10.5. The van der Waals surface area contributed by atoms with Crippen LogP contribution in [-0.2, 0) is 0 Å². The topological polar surface area (TPSA) is 56.4 Å². The minimum atomic E-state index is -0.291. The van der Waals surface area contributed by atoms with Gasteiger partial charge in [0.2, 0.25) is 0 Å². The Labute approximate surface area is 91.6 Å². The third-order valence-electron chi connectivity index (χ3n) is 1.68. The Morgan fingerprint density at radius 3 is 2.80 bits per heavy atom. The maximum absolute atomic E-state index is 11.4. The Kier molecular flexibility index (Phi) is 3.11. The molecule has 1 aliphatic rings. The highest BCUT2D eigenvalue weighted by molar-refractivity contribution is 8.00. The SMILES string of the molecule is O=C(Nc1ccccc1)NN1C=CSN1. The molecule has 0 fully saturated rings. The lowest BCUT2D eigenvalue weighted by atomic mass is 10.3. The van der Waals surface area contributed by atoms with E-state index < -0.39 is 0 Å². The average Bonchev–Trinajstić information content (AvgIpc) is 2.71. The molecule has 2 rings (SSSR count). The minimum absolute atomic E-state index is 0.291. The number of carbonyl (C=O) groups is 1. The number of carbonyl (C=O) groups excluding carboxylic acids is 1. The Balaban J connectivity index is 1.84. The van der Waals surface area contributed by atoms with E-state index in [-0.39, 0.29) is 6.03 Å². The number of amides is 2. The molecule has 0 saturated carbocycles. The first-order chi connectivity index (χ1) is 7.34. The summed E-state index contributed by atoms with van der Waals surface area (Å²) in [6, 6.07) is 8.97. The van der Waals surface area contributed by atoms with Crippen LogP contribution in [0.15, 0.2) is 41.9 Å². The molecule has 0 saturated heterocycles. The number of hydrogen-bond acceptors (Lipinski definition) is 4. The molecular weight excluding hydrogens is 212 g/mol. The first-order valence-corrected chi connectivity index (χ1v) is 5.22. The highest BCUT2D eigenvalue weighted by Gasteiger charge is 2.07. The number of nitrogens with zero attached hydrogens (tertiary/aromatic N) is 1. The number of para-hydroxylation sites is 1. The molecular formula is C9H10N4OS. The zero-order valence-corrected chi connectivity index (χ0v) is 8.62. The van der Waals surface area contributed by atoms with Crippen LogP contribution in [0.4, 0.5) is 10.5 Å². The monoisotopic (exact) mass is 222 g/mol. The van der Waals surface area contributed by atoms with Gasteiger partial charge >= 0.3 is 6.03 Å². The van der Waals surface area contributed by atoms with Crippen molar-refractivity contribution < 1.29 is 4.79 Å². The van der Waals surface area contributed by atoms with Gasteiger partial charge in [0.05, 0.1) is 0 Å². The molecule has 1 aliphatic heterocycles. The van der Waals surface area contributed by atoms with Crippen molar-refractivity contribution in [1.82, 2.24) is 15.4 Å². The van der Waals surface area contributed by atoms with Gasteiger partial charge in [-0.15, -0.1) is 0 Å². The van der Waals surface area contributed by atoms with Crippen LogP contribution in [0.1, 0.15) is 0 Å². The Morgan fingerprint density at radius 2 is 2.13 bits per heavy atom. The summed E-state index contributed by atoms with van der Waals surface area (Å²) < 4.78 is 0. The van der Waals surface area contributed by atoms with Gasteiger partial charge in [0.15, 0.2) is 0 Å². The molecule has 0 atom stereocenters. The van der Waals surface area contributed by atoms with Crippen LogP contribution >= 0.6 is 11.9 Å². The number of urea groups is 1. The van der Waals surface area contributed by atoms with E-state index in [1.165, 1.54) is 17.1 Å². The first-order valence-electron chi connectivity index (χ1n) is 4.34. The summed E-state index contributed by atoms with van der Waals surface area (Å²) in [4.78, 5) is 14.3. The molecule has 0 aliphatic carbocycles. The standard InChI is InChI=1S/C9H10N4OS/c14-9(11-13-6-7-15-12-13)10-8-4-2-1-3-5-8/h1-7,12H,(H2,10,11,14). The van der Waals surface area contributed by atoms with E-state index in [0.29, 0.717) is 0 Å². The predicted octanol–water partition coefficient (Wildman–Crippen LogP) is 1.66. The van der Waals surface area contributed by atoms with E-state index in [9.17, 15) is 4.79 Å². The van der Waals surface area contributed by atoms with Gasteiger partial charge in [0.25, 0.3) is 0 Å². The second kappa shape index (κ2) is 4.72. The molecule has 5 nitrogen and oxygen atoms in total. The van der Waals surface area contributed by atoms with Gasteiger partial charge in [-0.3, -0.25) is 0 Å². The largest absolute Gasteiger partial charge is 0.339 e. The van der Waals surface area contributed by atoms with Crippen LogP contribution in [0.2, 0.25) is 0 Å². The molecule has 78 valence electrons. The quantitative estimate of drug-likeness (QED) is 0.666. The predicted molar refractivity (Wildman–Crippen MR) is 60.3 cm³/mol. The van der Waals surface area contributed by atoms with Crippen molar-refractivity contribution in [3.8, 4) is 0 Å². The van der Waals surface area contributed by atoms with Crippen molar-refractivity contribution in [2.75, 3.05) is 5.32 Å². The summed E-state index contributed by atoms with van der Waals surface area (Å²) in [7, 11) is 0. The van der Waals surface area contributed by atoms with Crippen LogP contribution in [0, 0.1) is 0 Å². The van der Waals surface area contributed by atoms with Crippen molar-refractivity contribution in [1.29, 1.82) is 0 Å². The fourth-order valence-electron chi connectivity index (χ4n) is 1.06. The van der Waals surface area contributed by atoms with Crippen molar-refractivity contribution in [3.63, 3.8) is 0 Å². The smallest absolute Gasteiger partial charge is 0.307 e. The van der Waals surface area contributed by atoms with Gasteiger partial charge in [0, 0.05) is 17.3 Å². The third-order valence-corrected chi connectivity index (χ3v) is 2.24. The number of rotatable bonds is 2. The lowest BCUT2D eigenvalue weighted by molar-refractivity contribution is 0.215. The van der Waals surface area contributed by atoms with Crippen molar-refractivity contribution >= 4 is 23.7 Å². The molecule has 0 aromatic heterocycles. The fourth-order valence-corrected chi connectivity index (χ4v) is 1.52. The van der Waals surface area contributed by atoms with E-state index >= 15 is 0 Å². The van der Waals surface area contributed by atoms with Crippen LogP contribution in [0.3, 0.4) is 0 Å². The molecule has 1 heterocycles. The number of hydrazine groups is 2. The summed E-state index contributed by atoms with van der Waals surface area (Å²) in [6.45, 7) is 0. The maximum Gasteiger partial charge on any atom is 0.339 e. The van der Waals surface area contributed by atoms with Crippen LogP contribution in [0.5, 0.6) is 0 Å². The molecule has 1 aromatic rings. The van der Waals surface area contributed by atoms with Crippen LogP contribution in [0.25, 0.3) is 0 Å². The van der Waals surface area contributed by atoms with Gasteiger partial charge in [-0.05, 0) is 24.1 Å². The summed E-state index contributed by atoms with van der Waals surface area (Å²) in [5, 5.41) is 5.99. The molecule has 0 spiro atoms. The van der Waals surface area contributed by atoms with E-state index in [2.05, 4.69) is 15.6 Å². The van der Waals surface area contributed by atoms with Gasteiger partial charge in [0.1, 0.15) is 0 Å². The van der Waals surface area contributed by atoms with E-state index in [1.807, 2.05) is 35.7 Å². The van der Waals surface area contributed by atoms with Gasteiger partial charge in [-0.2, -0.15) is 4.83 Å². The average molecular weight is 222 g/mol. The third kappa shape index (κ3) is 2.90. The first kappa shape index (κ1) is 9.88. The molecule has 2 amide bonds. The molecule has 1 aromatic carbocycles. The fraction of sp³-hybridized carbons (Fsp3) is 0. The lowest BCUT2D eigenvalue weighted by Gasteiger charge is -2.16. The Bertz CT molecular complexity index is 368. The van der Waals surface area contributed by atoms with E-state index in [1.54, 1.807) is 6.20 Å². The second-order valence-corrected chi connectivity index (χ2v) is 3.49. The number of anilines is 1. The highest BCUT2D eigenvalue weighted by Crippen LogP contribution is 2.07. The van der Waals surface area contributed by atoms with Gasteiger partial charge < -0.3 is 5.32 Å². The van der Waals surface area contributed by atoms with Crippen molar-refractivity contribution in [2.45, 2.75) is 0 Å². The number of benzene rings is 1. The van der Waals surface area contributed by atoms with Gasteiger partial charge in [-0.1, -0.05) is 18.2 Å². The van der Waals surface area contributed by atoms with Crippen molar-refractivity contribution in [3.05, 3.63) is 41.9 Å². The van der Waals surface area contributed by atoms with Crippen LogP contribution < -0.4 is 15.6 Å². The lowest BCUT2D eigenvalue weighted by Crippen LogP contribution is -2.44. The number of nitrogens with one attached hydrogen (secondary N) is 3.